The Morgan fingerprint density at radius 3 is 2.16 bits per heavy atom. The number of carbonyl (C=O) groups is 1. The standard InChI is InChI=1S/C13H16F3NO2/c1-12(2,10(7-17)8-18)9-3-5-11(6-4-9)19-13(14,15)16/h3-6,8,10H,7,17H2,1-2H3. The van der Waals surface area contributed by atoms with Crippen molar-refractivity contribution in [2.45, 2.75) is 25.6 Å². The molecule has 0 aliphatic carbocycles. The van der Waals surface area contributed by atoms with Gasteiger partial charge in [0.05, 0.1) is 0 Å². The molecule has 1 aromatic rings. The molecular formula is C13H16F3NO2. The summed E-state index contributed by atoms with van der Waals surface area (Å²) in [6.07, 6.45) is -3.94. The van der Waals surface area contributed by atoms with Crippen molar-refractivity contribution in [3.63, 3.8) is 0 Å². The van der Waals surface area contributed by atoms with E-state index in [1.54, 1.807) is 0 Å². The van der Waals surface area contributed by atoms with Gasteiger partial charge in [-0.2, -0.15) is 0 Å². The SMILES string of the molecule is CC(C)(c1ccc(OC(F)(F)F)cc1)C(C=O)CN. The van der Waals surface area contributed by atoms with Gasteiger partial charge in [-0.15, -0.1) is 13.2 Å². The van der Waals surface area contributed by atoms with Crippen molar-refractivity contribution in [1.29, 1.82) is 0 Å². The highest BCUT2D eigenvalue weighted by Crippen LogP contribution is 2.32. The van der Waals surface area contributed by atoms with Gasteiger partial charge in [0.15, 0.2) is 0 Å². The maximum atomic E-state index is 12.0. The molecule has 19 heavy (non-hydrogen) atoms. The molecule has 0 amide bonds. The Kier molecular flexibility index (Phi) is 4.57. The first-order chi connectivity index (χ1) is 8.70. The van der Waals surface area contributed by atoms with Gasteiger partial charge in [0.25, 0.3) is 0 Å². The third-order valence-electron chi connectivity index (χ3n) is 3.18. The summed E-state index contributed by atoms with van der Waals surface area (Å²) < 4.78 is 39.9. The predicted octanol–water partition coefficient (Wildman–Crippen LogP) is 2.64. The highest BCUT2D eigenvalue weighted by molar-refractivity contribution is 5.58. The van der Waals surface area contributed by atoms with Crippen LogP contribution in [0.25, 0.3) is 0 Å². The second-order valence-electron chi connectivity index (χ2n) is 4.77. The molecule has 0 fully saturated rings. The molecular weight excluding hydrogens is 259 g/mol. The van der Waals surface area contributed by atoms with Crippen LogP contribution in [0, 0.1) is 5.92 Å². The molecule has 0 saturated carbocycles. The Labute approximate surface area is 109 Å². The topological polar surface area (TPSA) is 52.3 Å². The quantitative estimate of drug-likeness (QED) is 0.840. The summed E-state index contributed by atoms with van der Waals surface area (Å²) in [6.45, 7) is 3.81. The van der Waals surface area contributed by atoms with Gasteiger partial charge in [0, 0.05) is 17.9 Å². The molecule has 0 heterocycles. The number of halogens is 3. The van der Waals surface area contributed by atoms with Crippen LogP contribution in [0.3, 0.4) is 0 Å². The summed E-state index contributed by atoms with van der Waals surface area (Å²) in [5.74, 6) is -0.690. The van der Waals surface area contributed by atoms with E-state index in [4.69, 9.17) is 5.73 Å². The van der Waals surface area contributed by atoms with Crippen LogP contribution in [-0.4, -0.2) is 19.2 Å². The van der Waals surface area contributed by atoms with Crippen LogP contribution in [0.2, 0.25) is 0 Å². The van der Waals surface area contributed by atoms with Gasteiger partial charge < -0.3 is 15.3 Å². The van der Waals surface area contributed by atoms with Crippen LogP contribution in [0.15, 0.2) is 24.3 Å². The molecule has 0 radical (unpaired) electrons. The van der Waals surface area contributed by atoms with Crippen molar-refractivity contribution in [1.82, 2.24) is 0 Å². The summed E-state index contributed by atoms with van der Waals surface area (Å²) in [5, 5.41) is 0. The monoisotopic (exact) mass is 275 g/mol. The number of aldehydes is 1. The van der Waals surface area contributed by atoms with Crippen LogP contribution in [0.5, 0.6) is 5.75 Å². The van der Waals surface area contributed by atoms with E-state index in [9.17, 15) is 18.0 Å². The molecule has 106 valence electrons. The Balaban J connectivity index is 2.95. The van der Waals surface area contributed by atoms with Gasteiger partial charge in [-0.3, -0.25) is 0 Å². The minimum Gasteiger partial charge on any atom is -0.406 e. The normalized spacial score (nSPS) is 14.0. The number of ether oxygens (including phenoxy) is 1. The summed E-state index contributed by atoms with van der Waals surface area (Å²) in [7, 11) is 0. The third-order valence-corrected chi connectivity index (χ3v) is 3.18. The summed E-state index contributed by atoms with van der Waals surface area (Å²) in [5.41, 5.74) is 5.69. The molecule has 0 spiro atoms. The summed E-state index contributed by atoms with van der Waals surface area (Å²) in [4.78, 5) is 11.0. The second-order valence-corrected chi connectivity index (χ2v) is 4.77. The fourth-order valence-electron chi connectivity index (χ4n) is 1.82. The first-order valence-corrected chi connectivity index (χ1v) is 5.72. The molecule has 0 bridgehead atoms. The number of alkyl halides is 3. The first-order valence-electron chi connectivity index (χ1n) is 5.72. The van der Waals surface area contributed by atoms with E-state index in [1.165, 1.54) is 24.3 Å². The average Bonchev–Trinajstić information content (AvgIpc) is 2.28. The van der Waals surface area contributed by atoms with Crippen LogP contribution in [-0.2, 0) is 10.2 Å². The van der Waals surface area contributed by atoms with E-state index in [-0.39, 0.29) is 12.3 Å². The molecule has 3 nitrogen and oxygen atoms in total. The van der Waals surface area contributed by atoms with E-state index in [2.05, 4.69) is 4.74 Å². The van der Waals surface area contributed by atoms with E-state index >= 15 is 0 Å². The van der Waals surface area contributed by atoms with E-state index < -0.39 is 17.7 Å². The predicted molar refractivity (Wildman–Crippen MR) is 64.8 cm³/mol. The zero-order valence-corrected chi connectivity index (χ0v) is 10.7. The Bertz CT molecular complexity index is 427. The molecule has 1 aromatic carbocycles. The molecule has 0 aliphatic heterocycles. The maximum Gasteiger partial charge on any atom is 0.573 e. The van der Waals surface area contributed by atoms with Gasteiger partial charge in [0.1, 0.15) is 12.0 Å². The minimum atomic E-state index is -4.71. The molecule has 0 aliphatic rings. The van der Waals surface area contributed by atoms with Crippen LogP contribution < -0.4 is 10.5 Å². The van der Waals surface area contributed by atoms with Crippen molar-refractivity contribution < 1.29 is 22.7 Å². The van der Waals surface area contributed by atoms with Crippen molar-refractivity contribution in [3.05, 3.63) is 29.8 Å². The maximum absolute atomic E-state index is 12.0. The lowest BCUT2D eigenvalue weighted by molar-refractivity contribution is -0.274. The summed E-state index contributed by atoms with van der Waals surface area (Å²) >= 11 is 0. The van der Waals surface area contributed by atoms with E-state index in [0.29, 0.717) is 0 Å². The Morgan fingerprint density at radius 2 is 1.79 bits per heavy atom. The number of nitrogens with two attached hydrogens (primary N) is 1. The minimum absolute atomic E-state index is 0.178. The van der Waals surface area contributed by atoms with Gasteiger partial charge in [-0.05, 0) is 17.7 Å². The van der Waals surface area contributed by atoms with Crippen molar-refractivity contribution in [2.75, 3.05) is 6.54 Å². The lowest BCUT2D eigenvalue weighted by Gasteiger charge is -2.30. The van der Waals surface area contributed by atoms with Gasteiger partial charge in [-0.1, -0.05) is 26.0 Å². The number of hydrogen-bond donors (Lipinski definition) is 1. The number of rotatable bonds is 5. The Hall–Kier alpha value is -1.56. The highest BCUT2D eigenvalue weighted by Gasteiger charge is 2.32. The molecule has 2 N–H and O–H groups in total. The zero-order chi connectivity index (χ0) is 14.7. The van der Waals surface area contributed by atoms with E-state index in [1.807, 2.05) is 13.8 Å². The van der Waals surface area contributed by atoms with Crippen LogP contribution >= 0.6 is 0 Å². The molecule has 0 saturated heterocycles. The zero-order valence-electron chi connectivity index (χ0n) is 10.7. The third kappa shape index (κ3) is 3.96. The summed E-state index contributed by atoms with van der Waals surface area (Å²) in [6, 6.07) is 5.46. The molecule has 6 heteroatoms. The van der Waals surface area contributed by atoms with Gasteiger partial charge in [-0.25, -0.2) is 0 Å². The number of carbonyl (C=O) groups excluding carboxylic acids is 1. The number of hydrogen-bond acceptors (Lipinski definition) is 3. The largest absolute Gasteiger partial charge is 0.573 e. The number of benzene rings is 1. The van der Waals surface area contributed by atoms with E-state index in [0.717, 1.165) is 11.8 Å². The molecule has 1 unspecified atom stereocenters. The highest BCUT2D eigenvalue weighted by atomic mass is 19.4. The van der Waals surface area contributed by atoms with Crippen molar-refractivity contribution in [3.8, 4) is 5.75 Å². The van der Waals surface area contributed by atoms with Gasteiger partial charge >= 0.3 is 6.36 Å². The van der Waals surface area contributed by atoms with Gasteiger partial charge in [0.2, 0.25) is 0 Å². The van der Waals surface area contributed by atoms with Crippen LogP contribution in [0.1, 0.15) is 19.4 Å². The van der Waals surface area contributed by atoms with Crippen molar-refractivity contribution >= 4 is 6.29 Å². The average molecular weight is 275 g/mol. The molecule has 1 rings (SSSR count). The Morgan fingerprint density at radius 1 is 1.26 bits per heavy atom. The van der Waals surface area contributed by atoms with Crippen LogP contribution in [0.4, 0.5) is 13.2 Å². The van der Waals surface area contributed by atoms with Crippen molar-refractivity contribution in [2.24, 2.45) is 11.7 Å². The smallest absolute Gasteiger partial charge is 0.406 e. The first kappa shape index (κ1) is 15.5. The lowest BCUT2D eigenvalue weighted by Crippen LogP contribution is -2.35. The molecule has 1 atom stereocenters. The second kappa shape index (κ2) is 5.61. The lowest BCUT2D eigenvalue weighted by atomic mass is 9.74. The molecule has 0 aromatic heterocycles. The fourth-order valence-corrected chi connectivity index (χ4v) is 1.82. The fraction of sp³-hybridized carbons (Fsp3) is 0.462.